The van der Waals surface area contributed by atoms with Gasteiger partial charge < -0.3 is 10.1 Å². The third-order valence-electron chi connectivity index (χ3n) is 5.08. The van der Waals surface area contributed by atoms with E-state index in [1.54, 1.807) is 24.3 Å². The van der Waals surface area contributed by atoms with Gasteiger partial charge in [-0.2, -0.15) is 4.31 Å². The number of anilines is 1. The first-order chi connectivity index (χ1) is 13.4. The second kappa shape index (κ2) is 8.32. The first-order valence-electron chi connectivity index (χ1n) is 9.45. The molecule has 3 rings (SSSR count). The predicted molar refractivity (Wildman–Crippen MR) is 110 cm³/mol. The van der Waals surface area contributed by atoms with Crippen molar-refractivity contribution >= 4 is 21.6 Å². The molecule has 0 saturated carbocycles. The van der Waals surface area contributed by atoms with Crippen molar-refractivity contribution in [1.82, 2.24) is 4.31 Å². The summed E-state index contributed by atoms with van der Waals surface area (Å²) in [5.74, 6) is 0.195. The fourth-order valence-corrected chi connectivity index (χ4v) is 5.32. The lowest BCUT2D eigenvalue weighted by atomic mass is 10.0. The standard InChI is InChI=1S/C21H26N2O4S/c1-3-27-19-12-10-18(11-13-19)22-20(24)21(2)14-7-15-23(28(21,25)26)16-17-8-5-4-6-9-17/h4-6,8-13H,3,7,14-16H2,1-2H3,(H,22,24)/t21-/m0/s1. The van der Waals surface area contributed by atoms with Crippen LogP contribution in [0.3, 0.4) is 0 Å². The van der Waals surface area contributed by atoms with E-state index in [-0.39, 0.29) is 6.54 Å². The first kappa shape index (κ1) is 20.4. The lowest BCUT2D eigenvalue weighted by molar-refractivity contribution is -0.118. The minimum atomic E-state index is -3.80. The Morgan fingerprint density at radius 3 is 2.46 bits per heavy atom. The molecule has 1 saturated heterocycles. The van der Waals surface area contributed by atoms with Crippen molar-refractivity contribution < 1.29 is 17.9 Å². The number of hydrogen-bond donors (Lipinski definition) is 1. The SMILES string of the molecule is CCOc1ccc(NC(=O)[C@]2(C)CCCN(Cc3ccccc3)S2(=O)=O)cc1. The van der Waals surface area contributed by atoms with E-state index >= 15 is 0 Å². The van der Waals surface area contributed by atoms with Gasteiger partial charge in [-0.1, -0.05) is 30.3 Å². The van der Waals surface area contributed by atoms with Gasteiger partial charge in [-0.15, -0.1) is 0 Å². The average molecular weight is 403 g/mol. The highest BCUT2D eigenvalue weighted by Crippen LogP contribution is 2.34. The summed E-state index contributed by atoms with van der Waals surface area (Å²) >= 11 is 0. The third-order valence-corrected chi connectivity index (χ3v) is 7.60. The summed E-state index contributed by atoms with van der Waals surface area (Å²) in [4.78, 5) is 13.0. The van der Waals surface area contributed by atoms with Crippen molar-refractivity contribution in [1.29, 1.82) is 0 Å². The van der Waals surface area contributed by atoms with Crippen LogP contribution in [0.5, 0.6) is 5.75 Å². The van der Waals surface area contributed by atoms with Crippen LogP contribution in [0.25, 0.3) is 0 Å². The monoisotopic (exact) mass is 402 g/mol. The number of carbonyl (C=O) groups is 1. The molecular formula is C21H26N2O4S. The van der Waals surface area contributed by atoms with E-state index in [0.29, 0.717) is 37.4 Å². The smallest absolute Gasteiger partial charge is 0.246 e. The van der Waals surface area contributed by atoms with Gasteiger partial charge in [0, 0.05) is 18.8 Å². The fraction of sp³-hybridized carbons (Fsp3) is 0.381. The van der Waals surface area contributed by atoms with Crippen LogP contribution in [-0.4, -0.2) is 36.5 Å². The summed E-state index contributed by atoms with van der Waals surface area (Å²) in [6.45, 7) is 4.66. The molecule has 2 aromatic carbocycles. The molecule has 0 unspecified atom stereocenters. The number of sulfonamides is 1. The van der Waals surface area contributed by atoms with Gasteiger partial charge >= 0.3 is 0 Å². The topological polar surface area (TPSA) is 75.7 Å². The van der Waals surface area contributed by atoms with Crippen LogP contribution in [0.1, 0.15) is 32.3 Å². The first-order valence-corrected chi connectivity index (χ1v) is 10.9. The Labute approximate surface area is 166 Å². The number of carbonyl (C=O) groups excluding carboxylic acids is 1. The summed E-state index contributed by atoms with van der Waals surface area (Å²) in [7, 11) is -3.80. The molecule has 1 aliphatic heterocycles. The molecule has 1 fully saturated rings. The number of hydrogen-bond acceptors (Lipinski definition) is 4. The van der Waals surface area contributed by atoms with Gasteiger partial charge in [-0.05, 0) is 56.5 Å². The summed E-state index contributed by atoms with van der Waals surface area (Å²) in [6, 6.07) is 16.4. The number of benzene rings is 2. The van der Waals surface area contributed by atoms with Crippen molar-refractivity contribution in [2.45, 2.75) is 38.0 Å². The fourth-order valence-electron chi connectivity index (χ4n) is 3.37. The summed E-state index contributed by atoms with van der Waals surface area (Å²) in [5, 5.41) is 2.76. The van der Waals surface area contributed by atoms with Crippen molar-refractivity contribution in [3.8, 4) is 5.75 Å². The van der Waals surface area contributed by atoms with Crippen LogP contribution in [0.4, 0.5) is 5.69 Å². The van der Waals surface area contributed by atoms with E-state index in [0.717, 1.165) is 5.56 Å². The molecule has 1 aliphatic rings. The zero-order valence-corrected chi connectivity index (χ0v) is 17.0. The Morgan fingerprint density at radius 1 is 1.14 bits per heavy atom. The van der Waals surface area contributed by atoms with Crippen LogP contribution < -0.4 is 10.1 Å². The number of nitrogens with one attached hydrogen (secondary N) is 1. The van der Waals surface area contributed by atoms with Gasteiger partial charge in [-0.25, -0.2) is 8.42 Å². The molecule has 0 aliphatic carbocycles. The van der Waals surface area contributed by atoms with E-state index in [9.17, 15) is 13.2 Å². The Morgan fingerprint density at radius 2 is 1.82 bits per heavy atom. The van der Waals surface area contributed by atoms with E-state index in [2.05, 4.69) is 5.32 Å². The number of amides is 1. The van der Waals surface area contributed by atoms with E-state index in [1.165, 1.54) is 11.2 Å². The Balaban J connectivity index is 1.77. The van der Waals surface area contributed by atoms with E-state index < -0.39 is 20.7 Å². The highest BCUT2D eigenvalue weighted by atomic mass is 32.2. The minimum Gasteiger partial charge on any atom is -0.494 e. The van der Waals surface area contributed by atoms with Gasteiger partial charge in [-0.3, -0.25) is 4.79 Å². The van der Waals surface area contributed by atoms with Crippen molar-refractivity contribution in [2.75, 3.05) is 18.5 Å². The Hall–Kier alpha value is -2.38. The summed E-state index contributed by atoms with van der Waals surface area (Å²) in [6.07, 6.45) is 0.933. The van der Waals surface area contributed by atoms with Crippen LogP contribution in [0.15, 0.2) is 54.6 Å². The van der Waals surface area contributed by atoms with Gasteiger partial charge in [0.05, 0.1) is 6.61 Å². The van der Waals surface area contributed by atoms with Crippen molar-refractivity contribution in [3.63, 3.8) is 0 Å². The number of nitrogens with zero attached hydrogens (tertiary/aromatic N) is 1. The molecule has 1 heterocycles. The molecule has 28 heavy (non-hydrogen) atoms. The zero-order chi connectivity index (χ0) is 20.2. The molecule has 6 nitrogen and oxygen atoms in total. The molecule has 1 amide bonds. The zero-order valence-electron chi connectivity index (χ0n) is 16.2. The molecular weight excluding hydrogens is 376 g/mol. The molecule has 0 spiro atoms. The third kappa shape index (κ3) is 4.05. The lowest BCUT2D eigenvalue weighted by Crippen LogP contribution is -2.56. The van der Waals surface area contributed by atoms with Gasteiger partial charge in [0.1, 0.15) is 5.75 Å². The van der Waals surface area contributed by atoms with E-state index in [4.69, 9.17) is 4.74 Å². The molecule has 1 atom stereocenters. The van der Waals surface area contributed by atoms with Crippen LogP contribution >= 0.6 is 0 Å². The van der Waals surface area contributed by atoms with E-state index in [1.807, 2.05) is 37.3 Å². The van der Waals surface area contributed by atoms with Crippen LogP contribution in [-0.2, 0) is 21.4 Å². The maximum Gasteiger partial charge on any atom is 0.246 e. The van der Waals surface area contributed by atoms with Gasteiger partial charge in [0.25, 0.3) is 0 Å². The molecule has 2 aromatic rings. The maximum absolute atomic E-state index is 13.3. The molecule has 7 heteroatoms. The van der Waals surface area contributed by atoms with Crippen LogP contribution in [0, 0.1) is 0 Å². The largest absolute Gasteiger partial charge is 0.494 e. The second-order valence-corrected chi connectivity index (χ2v) is 9.44. The predicted octanol–water partition coefficient (Wildman–Crippen LogP) is 3.41. The summed E-state index contributed by atoms with van der Waals surface area (Å²) in [5.41, 5.74) is 1.45. The second-order valence-electron chi connectivity index (χ2n) is 7.07. The Bertz CT molecular complexity index is 913. The lowest BCUT2D eigenvalue weighted by Gasteiger charge is -2.38. The van der Waals surface area contributed by atoms with Gasteiger partial charge in [0.2, 0.25) is 15.9 Å². The highest BCUT2D eigenvalue weighted by Gasteiger charge is 2.51. The van der Waals surface area contributed by atoms with Crippen molar-refractivity contribution in [3.05, 3.63) is 60.2 Å². The maximum atomic E-state index is 13.3. The van der Waals surface area contributed by atoms with Gasteiger partial charge in [0.15, 0.2) is 4.75 Å². The average Bonchev–Trinajstić information content (AvgIpc) is 2.68. The Kier molecular flexibility index (Phi) is 6.05. The summed E-state index contributed by atoms with van der Waals surface area (Å²) < 4.78 is 31.8. The normalized spacial score (nSPS) is 21.8. The van der Waals surface area contributed by atoms with Crippen LogP contribution in [0.2, 0.25) is 0 Å². The molecule has 0 aromatic heterocycles. The molecule has 150 valence electrons. The number of rotatable bonds is 6. The number of ether oxygens (including phenoxy) is 1. The minimum absolute atomic E-state index is 0.273. The molecule has 0 radical (unpaired) electrons. The quantitative estimate of drug-likeness (QED) is 0.803. The van der Waals surface area contributed by atoms with Crippen molar-refractivity contribution in [2.24, 2.45) is 0 Å². The highest BCUT2D eigenvalue weighted by molar-refractivity contribution is 7.91. The molecule has 1 N–H and O–H groups in total. The molecule has 0 bridgehead atoms.